The maximum Gasteiger partial charge on any atom is 0.0568 e. The van der Waals surface area contributed by atoms with Crippen molar-refractivity contribution in [1.82, 2.24) is 0 Å². The van der Waals surface area contributed by atoms with Crippen LogP contribution in [0.5, 0.6) is 0 Å². The molecular formula is C16H36O2. The molecule has 0 radical (unpaired) electrons. The van der Waals surface area contributed by atoms with Gasteiger partial charge in [-0.05, 0) is 25.2 Å². The molecule has 112 valence electrons. The van der Waals surface area contributed by atoms with Crippen LogP contribution in [-0.2, 0) is 9.47 Å². The minimum atomic E-state index is 0.505. The molecule has 0 aliphatic heterocycles. The summed E-state index contributed by atoms with van der Waals surface area (Å²) in [6.07, 6.45) is 9.40. The topological polar surface area (TPSA) is 18.5 Å². The first kappa shape index (κ1) is 20.2. The average molecular weight is 260 g/mol. The molecule has 2 heteroatoms. The second-order valence-electron chi connectivity index (χ2n) is 5.11. The molecule has 2 atom stereocenters. The zero-order chi connectivity index (χ0) is 14.2. The summed E-state index contributed by atoms with van der Waals surface area (Å²) in [4.78, 5) is 0. The van der Waals surface area contributed by atoms with E-state index in [9.17, 15) is 0 Å². The summed E-state index contributed by atoms with van der Waals surface area (Å²) >= 11 is 0. The Morgan fingerprint density at radius 3 is 1.83 bits per heavy atom. The molecule has 0 aromatic carbocycles. The molecule has 0 amide bonds. The van der Waals surface area contributed by atoms with Crippen LogP contribution in [0.3, 0.4) is 0 Å². The van der Waals surface area contributed by atoms with Crippen molar-refractivity contribution in [2.24, 2.45) is 5.92 Å². The van der Waals surface area contributed by atoms with E-state index in [1.165, 1.54) is 38.5 Å². The minimum Gasteiger partial charge on any atom is -0.384 e. The van der Waals surface area contributed by atoms with E-state index < -0.39 is 0 Å². The average Bonchev–Trinajstić information content (AvgIpc) is 2.39. The van der Waals surface area contributed by atoms with Crippen molar-refractivity contribution in [2.45, 2.75) is 78.7 Å². The Balaban J connectivity index is 0. The van der Waals surface area contributed by atoms with Gasteiger partial charge in [-0.2, -0.15) is 0 Å². The number of methoxy groups -OCH3 is 2. The highest BCUT2D eigenvalue weighted by molar-refractivity contribution is 4.52. The van der Waals surface area contributed by atoms with Crippen LogP contribution in [0.1, 0.15) is 72.6 Å². The largest absolute Gasteiger partial charge is 0.384 e. The van der Waals surface area contributed by atoms with Gasteiger partial charge in [0.25, 0.3) is 0 Å². The normalized spacial score (nSPS) is 13.7. The molecule has 0 aliphatic carbocycles. The van der Waals surface area contributed by atoms with Gasteiger partial charge in [0.15, 0.2) is 0 Å². The van der Waals surface area contributed by atoms with Gasteiger partial charge in [0.05, 0.1) is 6.10 Å². The molecule has 0 aliphatic rings. The summed E-state index contributed by atoms with van der Waals surface area (Å²) in [5.74, 6) is 0.745. The van der Waals surface area contributed by atoms with Gasteiger partial charge in [-0.1, -0.05) is 53.4 Å². The fourth-order valence-corrected chi connectivity index (χ4v) is 1.84. The molecule has 0 fully saturated rings. The van der Waals surface area contributed by atoms with E-state index in [0.29, 0.717) is 6.10 Å². The molecule has 0 aromatic heterocycles. The van der Waals surface area contributed by atoms with Crippen molar-refractivity contribution in [3.8, 4) is 0 Å². The SMILES string of the molecule is CCCCC(C)COC.CCCCC(CC)OC. The smallest absolute Gasteiger partial charge is 0.0568 e. The van der Waals surface area contributed by atoms with Crippen molar-refractivity contribution < 1.29 is 9.47 Å². The Labute approximate surface area is 115 Å². The van der Waals surface area contributed by atoms with Crippen molar-refractivity contribution in [1.29, 1.82) is 0 Å². The second-order valence-corrected chi connectivity index (χ2v) is 5.11. The maximum atomic E-state index is 5.20. The van der Waals surface area contributed by atoms with E-state index in [-0.39, 0.29) is 0 Å². The first-order chi connectivity index (χ1) is 8.65. The van der Waals surface area contributed by atoms with Gasteiger partial charge in [-0.3, -0.25) is 0 Å². The van der Waals surface area contributed by atoms with Gasteiger partial charge in [0.1, 0.15) is 0 Å². The summed E-state index contributed by atoms with van der Waals surface area (Å²) in [6, 6.07) is 0. The van der Waals surface area contributed by atoms with Crippen LogP contribution < -0.4 is 0 Å². The Kier molecular flexibility index (Phi) is 19.0. The van der Waals surface area contributed by atoms with Gasteiger partial charge < -0.3 is 9.47 Å². The lowest BCUT2D eigenvalue weighted by molar-refractivity contribution is 0.0902. The van der Waals surface area contributed by atoms with Gasteiger partial charge in [-0.25, -0.2) is 0 Å². The lowest BCUT2D eigenvalue weighted by Gasteiger charge is -2.10. The van der Waals surface area contributed by atoms with E-state index in [4.69, 9.17) is 9.47 Å². The summed E-state index contributed by atoms with van der Waals surface area (Å²) in [7, 11) is 3.56. The van der Waals surface area contributed by atoms with Crippen molar-refractivity contribution in [3.05, 3.63) is 0 Å². The maximum absolute atomic E-state index is 5.20. The predicted octanol–water partition coefficient (Wildman–Crippen LogP) is 5.06. The molecule has 0 saturated carbocycles. The van der Waals surface area contributed by atoms with Crippen LogP contribution >= 0.6 is 0 Å². The standard InChI is InChI=1S/2C8H18O/c1-4-5-6-8(2)7-9-3;1-4-6-7-8(5-2)9-3/h2*8H,4-7H2,1-3H3. The monoisotopic (exact) mass is 260 g/mol. The van der Waals surface area contributed by atoms with Crippen LogP contribution in [0.2, 0.25) is 0 Å². The number of ether oxygens (including phenoxy) is 2. The lowest BCUT2D eigenvalue weighted by Crippen LogP contribution is -2.07. The fourth-order valence-electron chi connectivity index (χ4n) is 1.84. The first-order valence-corrected chi connectivity index (χ1v) is 7.67. The summed E-state index contributed by atoms with van der Waals surface area (Å²) in [5.41, 5.74) is 0. The second kappa shape index (κ2) is 16.9. The Hall–Kier alpha value is -0.0800. The Bertz CT molecular complexity index is 133. The Morgan fingerprint density at radius 1 is 0.889 bits per heavy atom. The van der Waals surface area contributed by atoms with E-state index >= 15 is 0 Å². The third-order valence-electron chi connectivity index (χ3n) is 3.17. The van der Waals surface area contributed by atoms with E-state index in [2.05, 4.69) is 27.7 Å². The van der Waals surface area contributed by atoms with Crippen LogP contribution in [0.15, 0.2) is 0 Å². The lowest BCUT2D eigenvalue weighted by atomic mass is 10.1. The van der Waals surface area contributed by atoms with Crippen LogP contribution in [0.25, 0.3) is 0 Å². The van der Waals surface area contributed by atoms with Gasteiger partial charge in [0.2, 0.25) is 0 Å². The molecule has 0 heterocycles. The molecule has 18 heavy (non-hydrogen) atoms. The molecular weight excluding hydrogens is 224 g/mol. The number of rotatable bonds is 10. The molecule has 2 unspecified atom stereocenters. The third kappa shape index (κ3) is 15.9. The van der Waals surface area contributed by atoms with Crippen LogP contribution in [-0.4, -0.2) is 26.9 Å². The molecule has 0 bridgehead atoms. The summed E-state index contributed by atoms with van der Waals surface area (Å²) in [6.45, 7) is 9.75. The Morgan fingerprint density at radius 2 is 1.44 bits per heavy atom. The van der Waals surface area contributed by atoms with Crippen LogP contribution in [0, 0.1) is 5.92 Å². The molecule has 2 nitrogen and oxygen atoms in total. The number of hydrogen-bond donors (Lipinski definition) is 0. The molecule has 0 saturated heterocycles. The van der Waals surface area contributed by atoms with Gasteiger partial charge in [-0.15, -0.1) is 0 Å². The highest BCUT2D eigenvalue weighted by Gasteiger charge is 2.00. The quantitative estimate of drug-likeness (QED) is 0.546. The van der Waals surface area contributed by atoms with E-state index in [1.54, 1.807) is 14.2 Å². The highest BCUT2D eigenvalue weighted by atomic mass is 16.5. The van der Waals surface area contributed by atoms with Crippen molar-refractivity contribution in [3.63, 3.8) is 0 Å². The summed E-state index contributed by atoms with van der Waals surface area (Å²) < 4.78 is 10.2. The van der Waals surface area contributed by atoms with E-state index in [1.807, 2.05) is 0 Å². The van der Waals surface area contributed by atoms with Crippen LogP contribution in [0.4, 0.5) is 0 Å². The molecule has 0 aromatic rings. The van der Waals surface area contributed by atoms with Crippen molar-refractivity contribution >= 4 is 0 Å². The number of hydrogen-bond acceptors (Lipinski definition) is 2. The fraction of sp³-hybridized carbons (Fsp3) is 1.00. The van der Waals surface area contributed by atoms with E-state index in [0.717, 1.165) is 18.9 Å². The van der Waals surface area contributed by atoms with Crippen molar-refractivity contribution in [2.75, 3.05) is 20.8 Å². The first-order valence-electron chi connectivity index (χ1n) is 7.67. The van der Waals surface area contributed by atoms with Gasteiger partial charge in [0, 0.05) is 20.8 Å². The predicted molar refractivity (Wildman–Crippen MR) is 81.2 cm³/mol. The molecule has 0 N–H and O–H groups in total. The van der Waals surface area contributed by atoms with Gasteiger partial charge >= 0.3 is 0 Å². The highest BCUT2D eigenvalue weighted by Crippen LogP contribution is 2.07. The molecule has 0 rings (SSSR count). The third-order valence-corrected chi connectivity index (χ3v) is 3.17. The minimum absolute atomic E-state index is 0.505. The molecule has 0 spiro atoms. The number of unbranched alkanes of at least 4 members (excludes halogenated alkanes) is 2. The zero-order valence-electron chi connectivity index (χ0n) is 13.6. The zero-order valence-corrected chi connectivity index (χ0v) is 13.6. The summed E-state index contributed by atoms with van der Waals surface area (Å²) in [5, 5.41) is 0.